The number of benzene rings is 2. The van der Waals surface area contributed by atoms with Crippen molar-refractivity contribution in [3.8, 4) is 11.5 Å². The van der Waals surface area contributed by atoms with Gasteiger partial charge < -0.3 is 19.7 Å². The summed E-state index contributed by atoms with van der Waals surface area (Å²) in [4.78, 5) is 13.9. The van der Waals surface area contributed by atoms with Gasteiger partial charge in [-0.2, -0.15) is 0 Å². The molecular weight excluding hydrogens is 364 g/mol. The number of halogens is 1. The minimum atomic E-state index is -0.0101. The fraction of sp³-hybridized carbons (Fsp3) is 0.381. The van der Waals surface area contributed by atoms with Crippen LogP contribution in [0.4, 0.5) is 5.69 Å². The van der Waals surface area contributed by atoms with E-state index in [4.69, 9.17) is 21.1 Å². The van der Waals surface area contributed by atoms with E-state index in [-0.39, 0.29) is 11.9 Å². The van der Waals surface area contributed by atoms with Crippen LogP contribution in [0.15, 0.2) is 36.4 Å². The summed E-state index contributed by atoms with van der Waals surface area (Å²) in [5.74, 6) is 1.63. The van der Waals surface area contributed by atoms with Crippen LogP contribution in [-0.4, -0.2) is 33.2 Å². The Labute approximate surface area is 165 Å². The molecule has 0 aliphatic carbocycles. The van der Waals surface area contributed by atoms with Gasteiger partial charge in [0.25, 0.3) is 5.91 Å². The highest BCUT2D eigenvalue weighted by Crippen LogP contribution is 2.31. The highest BCUT2D eigenvalue weighted by atomic mass is 35.5. The van der Waals surface area contributed by atoms with Crippen molar-refractivity contribution in [1.82, 2.24) is 0 Å². The number of rotatable bonds is 6. The Hall–Kier alpha value is -2.24. The van der Waals surface area contributed by atoms with Gasteiger partial charge in [0.05, 0.1) is 26.3 Å². The van der Waals surface area contributed by atoms with Gasteiger partial charge in [-0.3, -0.25) is 4.79 Å². The van der Waals surface area contributed by atoms with Crippen molar-refractivity contribution in [2.75, 3.05) is 32.6 Å². The first-order chi connectivity index (χ1) is 13.0. The Balaban J connectivity index is 1.75. The first-order valence-corrected chi connectivity index (χ1v) is 9.52. The third-order valence-corrected chi connectivity index (χ3v) is 5.63. The first-order valence-electron chi connectivity index (χ1n) is 9.15. The Morgan fingerprint density at radius 1 is 1.26 bits per heavy atom. The second kappa shape index (κ2) is 8.63. The van der Waals surface area contributed by atoms with Crippen LogP contribution >= 0.6 is 11.6 Å². The van der Waals surface area contributed by atoms with Crippen LogP contribution in [0.25, 0.3) is 0 Å². The number of carbonyl (C=O) groups is 1. The Bertz CT molecular complexity index is 825. The number of quaternary nitrogens is 1. The molecule has 0 aromatic heterocycles. The standard InChI is InChI=1S/C21H25ClN2O3/c1-14-17(22)6-4-7-18(14)23-21(25)13-24-11-5-8-19(24)16-12-15(26-2)9-10-20(16)27-3/h4,6-7,9-10,12,19H,5,8,11,13H2,1-3H3,(H,23,25)/p+1/t19-/m1/s1. The number of carbonyl (C=O) groups excluding carboxylic acids is 1. The quantitative estimate of drug-likeness (QED) is 0.798. The van der Waals surface area contributed by atoms with Crippen LogP contribution < -0.4 is 19.7 Å². The molecule has 0 bridgehead atoms. The fourth-order valence-corrected chi connectivity index (χ4v) is 3.93. The molecule has 5 nitrogen and oxygen atoms in total. The molecule has 1 heterocycles. The molecule has 1 aliphatic rings. The summed E-state index contributed by atoms with van der Waals surface area (Å²) >= 11 is 6.15. The molecule has 1 unspecified atom stereocenters. The van der Waals surface area contributed by atoms with Gasteiger partial charge in [0, 0.05) is 23.6 Å². The summed E-state index contributed by atoms with van der Waals surface area (Å²) in [6.07, 6.45) is 2.09. The van der Waals surface area contributed by atoms with Crippen molar-refractivity contribution < 1.29 is 19.2 Å². The SMILES string of the molecule is COc1ccc(OC)c([C@H]2CCC[NH+]2CC(=O)Nc2cccc(Cl)c2C)c1. The summed E-state index contributed by atoms with van der Waals surface area (Å²) in [6.45, 7) is 3.26. The van der Waals surface area contributed by atoms with E-state index in [2.05, 4.69) is 5.32 Å². The number of hydrogen-bond donors (Lipinski definition) is 2. The molecule has 0 radical (unpaired) electrons. The van der Waals surface area contributed by atoms with Gasteiger partial charge in [-0.15, -0.1) is 0 Å². The molecule has 2 aromatic rings. The van der Waals surface area contributed by atoms with Crippen LogP contribution in [-0.2, 0) is 4.79 Å². The predicted molar refractivity (Wildman–Crippen MR) is 107 cm³/mol. The van der Waals surface area contributed by atoms with E-state index in [1.54, 1.807) is 14.2 Å². The van der Waals surface area contributed by atoms with E-state index in [0.717, 1.165) is 47.7 Å². The van der Waals surface area contributed by atoms with Gasteiger partial charge >= 0.3 is 0 Å². The first kappa shape index (κ1) is 19.5. The molecule has 2 aromatic carbocycles. The highest BCUT2D eigenvalue weighted by Gasteiger charge is 2.34. The molecule has 144 valence electrons. The topological polar surface area (TPSA) is 52.0 Å². The van der Waals surface area contributed by atoms with Gasteiger partial charge in [-0.25, -0.2) is 0 Å². The van der Waals surface area contributed by atoms with E-state index in [1.807, 2.05) is 43.3 Å². The molecule has 1 saturated heterocycles. The van der Waals surface area contributed by atoms with Gasteiger partial charge in [0.2, 0.25) is 0 Å². The summed E-state index contributed by atoms with van der Waals surface area (Å²) in [7, 11) is 3.33. The third kappa shape index (κ3) is 4.37. The highest BCUT2D eigenvalue weighted by molar-refractivity contribution is 6.31. The Morgan fingerprint density at radius 2 is 2.07 bits per heavy atom. The van der Waals surface area contributed by atoms with Crippen LogP contribution in [0.1, 0.15) is 30.0 Å². The largest absolute Gasteiger partial charge is 0.497 e. The van der Waals surface area contributed by atoms with Gasteiger partial charge in [-0.1, -0.05) is 17.7 Å². The van der Waals surface area contributed by atoms with E-state index in [9.17, 15) is 4.79 Å². The maximum Gasteiger partial charge on any atom is 0.279 e. The molecule has 0 spiro atoms. The molecule has 1 fully saturated rings. The monoisotopic (exact) mass is 389 g/mol. The Kier molecular flexibility index (Phi) is 6.24. The summed E-state index contributed by atoms with van der Waals surface area (Å²) in [6, 6.07) is 11.6. The minimum absolute atomic E-state index is 0.0101. The van der Waals surface area contributed by atoms with Crippen LogP contribution in [0, 0.1) is 6.92 Å². The van der Waals surface area contributed by atoms with Gasteiger partial charge in [-0.05, 0) is 42.8 Å². The number of hydrogen-bond acceptors (Lipinski definition) is 3. The second-order valence-corrected chi connectivity index (χ2v) is 7.26. The van der Waals surface area contributed by atoms with Crippen molar-refractivity contribution in [1.29, 1.82) is 0 Å². The number of methoxy groups -OCH3 is 2. The molecule has 6 heteroatoms. The molecule has 1 amide bonds. The van der Waals surface area contributed by atoms with E-state index in [1.165, 1.54) is 4.90 Å². The zero-order valence-electron chi connectivity index (χ0n) is 16.0. The lowest BCUT2D eigenvalue weighted by Crippen LogP contribution is -3.11. The fourth-order valence-electron chi connectivity index (χ4n) is 3.75. The van der Waals surface area contributed by atoms with Gasteiger partial charge in [0.15, 0.2) is 6.54 Å². The zero-order valence-corrected chi connectivity index (χ0v) is 16.7. The summed E-state index contributed by atoms with van der Waals surface area (Å²) in [5, 5.41) is 3.65. The lowest BCUT2D eigenvalue weighted by atomic mass is 10.0. The minimum Gasteiger partial charge on any atom is -0.497 e. The normalized spacial score (nSPS) is 19.0. The number of ether oxygens (including phenoxy) is 2. The molecular formula is C21H26ClN2O3+. The molecule has 0 saturated carbocycles. The third-order valence-electron chi connectivity index (χ3n) is 5.23. The summed E-state index contributed by atoms with van der Waals surface area (Å²) in [5.41, 5.74) is 2.74. The molecule has 3 rings (SSSR count). The predicted octanol–water partition coefficient (Wildman–Crippen LogP) is 3.02. The zero-order chi connectivity index (χ0) is 19.4. The van der Waals surface area contributed by atoms with Crippen LogP contribution in [0.3, 0.4) is 0 Å². The van der Waals surface area contributed by atoms with E-state index in [0.29, 0.717) is 11.6 Å². The van der Waals surface area contributed by atoms with Crippen molar-refractivity contribution in [2.45, 2.75) is 25.8 Å². The number of nitrogens with one attached hydrogen (secondary N) is 2. The molecule has 1 aliphatic heterocycles. The lowest BCUT2D eigenvalue weighted by Gasteiger charge is -2.23. The average molecular weight is 390 g/mol. The van der Waals surface area contributed by atoms with E-state index >= 15 is 0 Å². The maximum atomic E-state index is 12.7. The molecule has 2 atom stereocenters. The second-order valence-electron chi connectivity index (χ2n) is 6.85. The van der Waals surface area contributed by atoms with Crippen LogP contribution in [0.2, 0.25) is 5.02 Å². The van der Waals surface area contributed by atoms with Gasteiger partial charge in [0.1, 0.15) is 17.5 Å². The van der Waals surface area contributed by atoms with Crippen molar-refractivity contribution in [3.05, 3.63) is 52.5 Å². The number of amides is 1. The average Bonchev–Trinajstić information content (AvgIpc) is 3.12. The summed E-state index contributed by atoms with van der Waals surface area (Å²) < 4.78 is 10.9. The van der Waals surface area contributed by atoms with Crippen molar-refractivity contribution in [2.24, 2.45) is 0 Å². The molecule has 2 N–H and O–H groups in total. The number of anilines is 1. The van der Waals surface area contributed by atoms with Crippen molar-refractivity contribution >= 4 is 23.2 Å². The smallest absolute Gasteiger partial charge is 0.279 e. The number of likely N-dealkylation sites (tertiary alicyclic amines) is 1. The maximum absolute atomic E-state index is 12.7. The van der Waals surface area contributed by atoms with Crippen molar-refractivity contribution in [3.63, 3.8) is 0 Å². The Morgan fingerprint density at radius 3 is 2.81 bits per heavy atom. The van der Waals surface area contributed by atoms with Crippen LogP contribution in [0.5, 0.6) is 11.5 Å². The lowest BCUT2D eigenvalue weighted by molar-refractivity contribution is -0.910. The molecule has 27 heavy (non-hydrogen) atoms. The van der Waals surface area contributed by atoms with E-state index < -0.39 is 0 Å².